The number of methoxy groups -OCH3 is 2. The molecule has 0 spiro atoms. The normalized spacial score (nSPS) is 16.1. The van der Waals surface area contributed by atoms with E-state index >= 15 is 0 Å². The number of hydrogen-bond donors (Lipinski definition) is 2. The lowest BCUT2D eigenvalue weighted by molar-refractivity contribution is -0.384. The number of ether oxygens (including phenoxy) is 2. The average molecular weight is 383 g/mol. The van der Waals surface area contributed by atoms with Crippen molar-refractivity contribution in [2.75, 3.05) is 14.2 Å². The summed E-state index contributed by atoms with van der Waals surface area (Å²) < 4.78 is 10.0. The highest BCUT2D eigenvalue weighted by Crippen LogP contribution is 2.33. The van der Waals surface area contributed by atoms with Crippen molar-refractivity contribution in [3.8, 4) is 5.75 Å². The molecule has 2 aromatic carbocycles. The number of urea groups is 1. The van der Waals surface area contributed by atoms with Gasteiger partial charge in [-0.3, -0.25) is 10.1 Å². The SMILES string of the molecule is COC(=O)C1=C(c2ccc(OC)cc2)NC(=O)NC1c1cccc([N+](=O)[O-])c1. The number of amides is 2. The number of nitro benzene ring substituents is 1. The van der Waals surface area contributed by atoms with Gasteiger partial charge in [-0.05, 0) is 35.4 Å². The highest BCUT2D eigenvalue weighted by molar-refractivity contribution is 6.04. The van der Waals surface area contributed by atoms with Crippen LogP contribution in [0.2, 0.25) is 0 Å². The Hall–Kier alpha value is -3.88. The third kappa shape index (κ3) is 3.63. The van der Waals surface area contributed by atoms with Crippen LogP contribution in [0.15, 0.2) is 54.1 Å². The molecule has 9 nitrogen and oxygen atoms in total. The van der Waals surface area contributed by atoms with E-state index in [0.717, 1.165) is 0 Å². The molecule has 1 aliphatic heterocycles. The lowest BCUT2D eigenvalue weighted by atomic mass is 9.92. The van der Waals surface area contributed by atoms with E-state index in [1.165, 1.54) is 32.4 Å². The summed E-state index contributed by atoms with van der Waals surface area (Å²) in [7, 11) is 2.75. The van der Waals surface area contributed by atoms with Crippen molar-refractivity contribution >= 4 is 23.4 Å². The molecule has 0 aliphatic carbocycles. The summed E-state index contributed by atoms with van der Waals surface area (Å²) in [5.41, 5.74) is 1.19. The summed E-state index contributed by atoms with van der Waals surface area (Å²) in [6, 6.07) is 11.0. The number of carbonyl (C=O) groups excluding carboxylic acids is 2. The Morgan fingerprint density at radius 1 is 1.14 bits per heavy atom. The van der Waals surface area contributed by atoms with Crippen LogP contribution in [0.4, 0.5) is 10.5 Å². The van der Waals surface area contributed by atoms with E-state index in [4.69, 9.17) is 9.47 Å². The number of rotatable bonds is 5. The quantitative estimate of drug-likeness (QED) is 0.465. The van der Waals surface area contributed by atoms with E-state index in [2.05, 4.69) is 10.6 Å². The average Bonchev–Trinajstić information content (AvgIpc) is 2.72. The fourth-order valence-corrected chi connectivity index (χ4v) is 2.95. The van der Waals surface area contributed by atoms with Crippen LogP contribution in [0.3, 0.4) is 0 Å². The molecule has 1 aliphatic rings. The van der Waals surface area contributed by atoms with Crippen molar-refractivity contribution in [2.45, 2.75) is 6.04 Å². The molecule has 3 rings (SSSR count). The Balaban J connectivity index is 2.17. The van der Waals surface area contributed by atoms with Gasteiger partial charge >= 0.3 is 12.0 Å². The predicted molar refractivity (Wildman–Crippen MR) is 99.4 cm³/mol. The second-order valence-corrected chi connectivity index (χ2v) is 5.89. The fourth-order valence-electron chi connectivity index (χ4n) is 2.95. The smallest absolute Gasteiger partial charge is 0.338 e. The molecule has 2 amide bonds. The summed E-state index contributed by atoms with van der Waals surface area (Å²) >= 11 is 0. The maximum Gasteiger partial charge on any atom is 0.338 e. The van der Waals surface area contributed by atoms with Crippen LogP contribution in [0, 0.1) is 10.1 Å². The number of non-ortho nitro benzene ring substituents is 1. The van der Waals surface area contributed by atoms with Gasteiger partial charge in [-0.15, -0.1) is 0 Å². The van der Waals surface area contributed by atoms with Crippen molar-refractivity contribution in [1.29, 1.82) is 0 Å². The van der Waals surface area contributed by atoms with Crippen LogP contribution >= 0.6 is 0 Å². The van der Waals surface area contributed by atoms with Gasteiger partial charge in [0.25, 0.3) is 5.69 Å². The Labute approximate surface area is 160 Å². The number of nitrogens with one attached hydrogen (secondary N) is 2. The molecule has 0 bridgehead atoms. The zero-order valence-electron chi connectivity index (χ0n) is 15.1. The number of carbonyl (C=O) groups is 2. The molecule has 0 saturated heterocycles. The number of nitrogens with zero attached hydrogens (tertiary/aromatic N) is 1. The minimum Gasteiger partial charge on any atom is -0.497 e. The Morgan fingerprint density at radius 3 is 2.46 bits per heavy atom. The fraction of sp³-hybridized carbons (Fsp3) is 0.158. The largest absolute Gasteiger partial charge is 0.497 e. The molecule has 1 heterocycles. The number of benzene rings is 2. The molecular formula is C19H17N3O6. The van der Waals surface area contributed by atoms with Crippen molar-refractivity contribution in [3.05, 3.63) is 75.3 Å². The van der Waals surface area contributed by atoms with Gasteiger partial charge in [-0.2, -0.15) is 0 Å². The van der Waals surface area contributed by atoms with Crippen LogP contribution in [0.5, 0.6) is 5.75 Å². The maximum atomic E-state index is 12.6. The minimum atomic E-state index is -0.918. The highest BCUT2D eigenvalue weighted by atomic mass is 16.6. The molecule has 2 N–H and O–H groups in total. The van der Waals surface area contributed by atoms with Crippen molar-refractivity contribution in [2.24, 2.45) is 0 Å². The summed E-state index contributed by atoms with van der Waals surface area (Å²) in [5, 5.41) is 16.4. The van der Waals surface area contributed by atoms with Gasteiger partial charge in [0.15, 0.2) is 0 Å². The molecule has 0 aromatic heterocycles. The molecular weight excluding hydrogens is 366 g/mol. The Morgan fingerprint density at radius 2 is 1.86 bits per heavy atom. The second kappa shape index (κ2) is 7.78. The Bertz CT molecular complexity index is 968. The molecule has 28 heavy (non-hydrogen) atoms. The lowest BCUT2D eigenvalue weighted by Gasteiger charge is -2.29. The zero-order valence-corrected chi connectivity index (χ0v) is 15.1. The molecule has 144 valence electrons. The van der Waals surface area contributed by atoms with Gasteiger partial charge in [-0.1, -0.05) is 12.1 Å². The van der Waals surface area contributed by atoms with Crippen LogP contribution in [-0.2, 0) is 9.53 Å². The Kier molecular flexibility index (Phi) is 5.25. The lowest BCUT2D eigenvalue weighted by Crippen LogP contribution is -2.45. The first-order valence-electron chi connectivity index (χ1n) is 8.23. The molecule has 1 atom stereocenters. The van der Waals surface area contributed by atoms with Gasteiger partial charge in [0.1, 0.15) is 5.75 Å². The standard InChI is InChI=1S/C19H17N3O6/c1-27-14-8-6-11(7-9-14)16-15(18(23)28-2)17(21-19(24)20-16)12-4-3-5-13(10-12)22(25)26/h3-10,17H,1-2H3,(H2,20,21,24). The van der Waals surface area contributed by atoms with Gasteiger partial charge in [0, 0.05) is 12.1 Å². The highest BCUT2D eigenvalue weighted by Gasteiger charge is 2.34. The number of nitro groups is 1. The molecule has 0 fully saturated rings. The van der Waals surface area contributed by atoms with Gasteiger partial charge in [-0.25, -0.2) is 9.59 Å². The minimum absolute atomic E-state index is 0.132. The van der Waals surface area contributed by atoms with E-state index in [9.17, 15) is 19.7 Å². The third-order valence-electron chi connectivity index (χ3n) is 4.27. The first-order valence-corrected chi connectivity index (χ1v) is 8.23. The first-order chi connectivity index (χ1) is 13.4. The predicted octanol–water partition coefficient (Wildman–Crippen LogP) is 2.54. The van der Waals surface area contributed by atoms with Gasteiger partial charge < -0.3 is 20.1 Å². The maximum absolute atomic E-state index is 12.6. The molecule has 2 aromatic rings. The monoisotopic (exact) mass is 383 g/mol. The van der Waals surface area contributed by atoms with Crippen molar-refractivity contribution < 1.29 is 24.0 Å². The van der Waals surface area contributed by atoms with E-state index in [0.29, 0.717) is 16.9 Å². The van der Waals surface area contributed by atoms with E-state index < -0.39 is 23.0 Å². The second-order valence-electron chi connectivity index (χ2n) is 5.89. The number of hydrogen-bond acceptors (Lipinski definition) is 6. The van der Waals surface area contributed by atoms with Gasteiger partial charge in [0.2, 0.25) is 0 Å². The van der Waals surface area contributed by atoms with E-state index in [1.54, 1.807) is 30.3 Å². The van der Waals surface area contributed by atoms with Crippen molar-refractivity contribution in [1.82, 2.24) is 10.6 Å². The molecule has 0 saturated carbocycles. The third-order valence-corrected chi connectivity index (χ3v) is 4.27. The summed E-state index contributed by atoms with van der Waals surface area (Å²) in [6.07, 6.45) is 0. The van der Waals surface area contributed by atoms with Crippen LogP contribution in [0.25, 0.3) is 5.70 Å². The summed E-state index contributed by atoms with van der Waals surface area (Å²) in [5.74, 6) is -0.0608. The summed E-state index contributed by atoms with van der Waals surface area (Å²) in [6.45, 7) is 0. The topological polar surface area (TPSA) is 120 Å². The van der Waals surface area contributed by atoms with Crippen LogP contribution < -0.4 is 15.4 Å². The van der Waals surface area contributed by atoms with E-state index in [-0.39, 0.29) is 17.0 Å². The number of esters is 1. The van der Waals surface area contributed by atoms with Gasteiger partial charge in [0.05, 0.1) is 36.5 Å². The molecule has 9 heteroatoms. The molecule has 1 unspecified atom stereocenters. The van der Waals surface area contributed by atoms with E-state index in [1.807, 2.05) is 0 Å². The zero-order chi connectivity index (χ0) is 20.3. The molecule has 0 radical (unpaired) electrons. The van der Waals surface area contributed by atoms with Crippen molar-refractivity contribution in [3.63, 3.8) is 0 Å². The first kappa shape index (κ1) is 18.9. The van der Waals surface area contributed by atoms with Crippen LogP contribution in [0.1, 0.15) is 17.2 Å². The van der Waals surface area contributed by atoms with Crippen LogP contribution in [-0.4, -0.2) is 31.1 Å². The summed E-state index contributed by atoms with van der Waals surface area (Å²) in [4.78, 5) is 35.4.